The highest BCUT2D eigenvalue weighted by Crippen LogP contribution is 2.36. The van der Waals surface area contributed by atoms with Crippen LogP contribution < -0.4 is 0 Å². The molecule has 0 aromatic rings. The molecule has 0 aromatic heterocycles. The lowest BCUT2D eigenvalue weighted by atomic mass is 9.78. The molecule has 0 spiro atoms. The summed E-state index contributed by atoms with van der Waals surface area (Å²) in [4.78, 5) is 27.7. The molecule has 43 heavy (non-hydrogen) atoms. The number of likely N-dealkylation sites (N-methyl/N-ethyl adjacent to an activating group) is 1. The van der Waals surface area contributed by atoms with E-state index in [-0.39, 0.29) is 36.8 Å². The Morgan fingerprint density at radius 2 is 1.70 bits per heavy atom. The summed E-state index contributed by atoms with van der Waals surface area (Å²) in [5.41, 5.74) is -3.27. The summed E-state index contributed by atoms with van der Waals surface area (Å²) in [7, 11) is 1.83. The molecule has 0 unspecified atom stereocenters. The molecule has 2 aliphatic rings. The van der Waals surface area contributed by atoms with Gasteiger partial charge in [0.15, 0.2) is 12.4 Å². The zero-order valence-electron chi connectivity index (χ0n) is 28.1. The van der Waals surface area contributed by atoms with E-state index in [1.807, 2.05) is 25.8 Å². The summed E-state index contributed by atoms with van der Waals surface area (Å²) in [5.74, 6) is -3.43. The van der Waals surface area contributed by atoms with Crippen LogP contribution in [0.3, 0.4) is 0 Å². The van der Waals surface area contributed by atoms with Gasteiger partial charge in [0.2, 0.25) is 0 Å². The van der Waals surface area contributed by atoms with E-state index in [4.69, 9.17) is 18.9 Å². The number of hydrogen-bond donors (Lipinski definition) is 4. The molecule has 4 N–H and O–H groups in total. The molecule has 2 saturated heterocycles. The molecule has 252 valence electrons. The molecule has 11 nitrogen and oxygen atoms in total. The van der Waals surface area contributed by atoms with Crippen LogP contribution in [0.4, 0.5) is 0 Å². The van der Waals surface area contributed by atoms with Crippen molar-refractivity contribution in [2.24, 2.45) is 23.7 Å². The van der Waals surface area contributed by atoms with E-state index in [1.165, 1.54) is 13.8 Å². The van der Waals surface area contributed by atoms with Crippen molar-refractivity contribution in [3.8, 4) is 0 Å². The number of cyclic esters (lactones) is 1. The summed E-state index contributed by atoms with van der Waals surface area (Å²) in [5, 5.41) is 46.1. The second kappa shape index (κ2) is 15.3. The number of nitrogens with zero attached hydrogens (tertiary/aromatic N) is 1. The van der Waals surface area contributed by atoms with E-state index in [0.29, 0.717) is 19.4 Å². The van der Waals surface area contributed by atoms with E-state index in [1.54, 1.807) is 41.5 Å². The predicted octanol–water partition coefficient (Wildman–Crippen LogP) is 2.64. The normalized spacial score (nSPS) is 44.7. The Morgan fingerprint density at radius 3 is 2.26 bits per heavy atom. The third-order valence-electron chi connectivity index (χ3n) is 9.45. The molecule has 2 aliphatic heterocycles. The van der Waals surface area contributed by atoms with E-state index >= 15 is 0 Å². The van der Waals surface area contributed by atoms with Crippen molar-refractivity contribution < 1.29 is 49.0 Å². The Hall–Kier alpha value is -1.34. The van der Waals surface area contributed by atoms with Crippen molar-refractivity contribution >= 4 is 11.9 Å². The number of ether oxygens (including phenoxy) is 4. The lowest BCUT2D eigenvalue weighted by Gasteiger charge is -2.45. The number of rotatable bonds is 5. The smallest absolute Gasteiger partial charge is 0.311 e. The molecule has 13 atom stereocenters. The Labute approximate surface area is 258 Å². The predicted molar refractivity (Wildman–Crippen MR) is 161 cm³/mol. The maximum atomic E-state index is 13.3. The van der Waals surface area contributed by atoms with Gasteiger partial charge in [-0.2, -0.15) is 0 Å². The molecule has 0 aliphatic carbocycles. The quantitative estimate of drug-likeness (QED) is 0.337. The van der Waals surface area contributed by atoms with Crippen molar-refractivity contribution in [3.05, 3.63) is 0 Å². The second-order valence-corrected chi connectivity index (χ2v) is 14.1. The molecule has 2 rings (SSSR count). The van der Waals surface area contributed by atoms with Crippen LogP contribution >= 0.6 is 0 Å². The van der Waals surface area contributed by atoms with Gasteiger partial charge in [0.1, 0.15) is 17.8 Å². The van der Waals surface area contributed by atoms with Crippen LogP contribution in [0.1, 0.15) is 94.9 Å². The van der Waals surface area contributed by atoms with Gasteiger partial charge < -0.3 is 44.3 Å². The molecule has 0 bridgehead atoms. The van der Waals surface area contributed by atoms with E-state index in [0.717, 1.165) is 0 Å². The minimum Gasteiger partial charge on any atom is -0.459 e. The third kappa shape index (κ3) is 9.34. The van der Waals surface area contributed by atoms with Crippen LogP contribution in [0.2, 0.25) is 0 Å². The molecule has 11 heteroatoms. The van der Waals surface area contributed by atoms with Crippen molar-refractivity contribution in [2.75, 3.05) is 13.6 Å². The van der Waals surface area contributed by atoms with Crippen molar-refractivity contribution in [2.45, 2.75) is 155 Å². The maximum Gasteiger partial charge on any atom is 0.311 e. The van der Waals surface area contributed by atoms with Crippen LogP contribution in [-0.4, -0.2) is 111 Å². The fourth-order valence-electron chi connectivity index (χ4n) is 6.52. The van der Waals surface area contributed by atoms with Crippen LogP contribution in [0.15, 0.2) is 0 Å². The molecular weight excluding hydrogens is 558 g/mol. The summed E-state index contributed by atoms with van der Waals surface area (Å²) in [6, 6.07) is -0.511. The fourth-order valence-corrected chi connectivity index (χ4v) is 6.52. The molecule has 0 radical (unpaired) electrons. The van der Waals surface area contributed by atoms with Gasteiger partial charge in [-0.25, -0.2) is 0 Å². The third-order valence-corrected chi connectivity index (χ3v) is 9.45. The summed E-state index contributed by atoms with van der Waals surface area (Å²) in [6.45, 7) is 17.7. The van der Waals surface area contributed by atoms with Crippen LogP contribution in [0.25, 0.3) is 0 Å². The van der Waals surface area contributed by atoms with E-state index < -0.39 is 71.9 Å². The Bertz CT molecular complexity index is 911. The first-order valence-corrected chi connectivity index (χ1v) is 16.0. The van der Waals surface area contributed by atoms with Gasteiger partial charge in [-0.3, -0.25) is 9.59 Å². The Balaban J connectivity index is 2.53. The van der Waals surface area contributed by atoms with Crippen molar-refractivity contribution in [1.29, 1.82) is 0 Å². The number of aliphatic hydroxyl groups is 4. The standard InChI is InChI=1S/C32H59NO10/c1-12-24-32(10,39)26(35)22(8)33(11)16-18(4)15-31(9,38)27(20(6)25(34)21(7)29(37)42-24)43-30-23(14-13-19(5)40-30)41-28(36)17(2)3/h17-27,30,34-35,38-39H,12-16H2,1-11H3/t18-,19-,20+,21-,22-,23-,24-,25+,26-,27-,30+,31-,32-/m1/s1. The van der Waals surface area contributed by atoms with E-state index in [2.05, 4.69) is 0 Å². The number of hydrogen-bond acceptors (Lipinski definition) is 11. The SMILES string of the molecule is CC[C@H]1OC(=O)[C@H](C)[C@@H](O)[C@H](C)[C@@H](O[C@@H]2O[C@H](C)CC[C@H]2OC(=O)C(C)C)[C@](C)(O)C[C@@H](C)CN(C)[C@H](C)[C@@H](O)[C@]1(C)O. The first kappa shape index (κ1) is 37.8. The Kier molecular flexibility index (Phi) is 13.5. The van der Waals surface area contributed by atoms with Crippen LogP contribution in [-0.2, 0) is 28.5 Å². The lowest BCUT2D eigenvalue weighted by Crippen LogP contribution is -2.59. The first-order valence-electron chi connectivity index (χ1n) is 16.0. The van der Waals surface area contributed by atoms with Gasteiger partial charge in [0, 0.05) is 18.5 Å². The zero-order chi connectivity index (χ0) is 33.0. The average molecular weight is 618 g/mol. The molecule has 2 fully saturated rings. The highest BCUT2D eigenvalue weighted by atomic mass is 16.7. The summed E-state index contributed by atoms with van der Waals surface area (Å²) < 4.78 is 24.1. The second-order valence-electron chi connectivity index (χ2n) is 14.1. The van der Waals surface area contributed by atoms with Crippen molar-refractivity contribution in [1.82, 2.24) is 4.90 Å². The lowest BCUT2D eigenvalue weighted by molar-refractivity contribution is -0.292. The monoisotopic (exact) mass is 617 g/mol. The fraction of sp³-hybridized carbons (Fsp3) is 0.938. The molecular formula is C32H59NO10. The minimum absolute atomic E-state index is 0.113. The summed E-state index contributed by atoms with van der Waals surface area (Å²) in [6.07, 6.45) is -4.83. The topological polar surface area (TPSA) is 155 Å². The molecule has 0 saturated carbocycles. The summed E-state index contributed by atoms with van der Waals surface area (Å²) >= 11 is 0. The van der Waals surface area contributed by atoms with Gasteiger partial charge in [-0.15, -0.1) is 0 Å². The molecule has 2 heterocycles. The zero-order valence-corrected chi connectivity index (χ0v) is 28.1. The number of carbonyl (C=O) groups is 2. The van der Waals surface area contributed by atoms with Gasteiger partial charge in [-0.1, -0.05) is 34.6 Å². The first-order chi connectivity index (χ1) is 19.7. The van der Waals surface area contributed by atoms with Gasteiger partial charge >= 0.3 is 11.9 Å². The highest BCUT2D eigenvalue weighted by molar-refractivity contribution is 5.73. The number of carbonyl (C=O) groups excluding carboxylic acids is 2. The average Bonchev–Trinajstić information content (AvgIpc) is 2.92. The Morgan fingerprint density at radius 1 is 1.09 bits per heavy atom. The highest BCUT2D eigenvalue weighted by Gasteiger charge is 2.49. The van der Waals surface area contributed by atoms with Crippen LogP contribution in [0.5, 0.6) is 0 Å². The van der Waals surface area contributed by atoms with Crippen molar-refractivity contribution in [3.63, 3.8) is 0 Å². The van der Waals surface area contributed by atoms with Gasteiger partial charge in [0.05, 0.1) is 35.7 Å². The number of aliphatic hydroxyl groups excluding tert-OH is 2. The van der Waals surface area contributed by atoms with Gasteiger partial charge in [-0.05, 0) is 73.3 Å². The number of esters is 2. The maximum absolute atomic E-state index is 13.3. The molecule has 0 aromatic carbocycles. The molecule has 0 amide bonds. The largest absolute Gasteiger partial charge is 0.459 e. The van der Waals surface area contributed by atoms with Gasteiger partial charge in [0.25, 0.3) is 0 Å². The van der Waals surface area contributed by atoms with E-state index in [9.17, 15) is 30.0 Å². The minimum atomic E-state index is -1.76. The van der Waals surface area contributed by atoms with Crippen LogP contribution in [0, 0.1) is 23.7 Å².